The Morgan fingerprint density at radius 1 is 1.32 bits per heavy atom. The van der Waals surface area contributed by atoms with Crippen LogP contribution in [0.2, 0.25) is 0 Å². The van der Waals surface area contributed by atoms with Crippen molar-refractivity contribution >= 4 is 73.6 Å². The van der Waals surface area contributed by atoms with E-state index in [1.165, 1.54) is 5.38 Å². The molecule has 1 aromatic heterocycles. The fourth-order valence-corrected chi connectivity index (χ4v) is 4.86. The van der Waals surface area contributed by atoms with E-state index >= 15 is 0 Å². The number of imide groups is 1. The molecule has 0 spiro atoms. The molecule has 18 heteroatoms. The zero-order valence-electron chi connectivity index (χ0n) is 17.3. The SMILES string of the molecule is CO/N=C(\C(=O)N[C@@H]1C(=O)N(S(=O)(=O)O)[C@@H]1N1C(=O)CCCC1=O)c1csc(NC(=O)CCl)n1. The molecule has 3 heterocycles. The van der Waals surface area contributed by atoms with Gasteiger partial charge in [0.2, 0.25) is 17.7 Å². The number of likely N-dealkylation sites (tertiary alicyclic amines) is 1. The van der Waals surface area contributed by atoms with E-state index in [0.717, 1.165) is 18.4 Å². The van der Waals surface area contributed by atoms with E-state index in [1.54, 1.807) is 0 Å². The Morgan fingerprint density at radius 2 is 1.97 bits per heavy atom. The minimum atomic E-state index is -5.15. The second-order valence-electron chi connectivity index (χ2n) is 6.83. The molecule has 5 amide bonds. The first-order valence-corrected chi connectivity index (χ1v) is 12.2. The highest BCUT2D eigenvalue weighted by molar-refractivity contribution is 7.84. The van der Waals surface area contributed by atoms with Gasteiger partial charge in [-0.2, -0.15) is 12.7 Å². The van der Waals surface area contributed by atoms with E-state index in [9.17, 15) is 36.9 Å². The van der Waals surface area contributed by atoms with Gasteiger partial charge in [-0.15, -0.1) is 22.9 Å². The molecule has 0 radical (unpaired) electrons. The summed E-state index contributed by atoms with van der Waals surface area (Å²) in [5.74, 6) is -4.79. The lowest BCUT2D eigenvalue weighted by Crippen LogP contribution is -2.78. The van der Waals surface area contributed by atoms with Crippen LogP contribution in [0.15, 0.2) is 10.5 Å². The van der Waals surface area contributed by atoms with Crippen molar-refractivity contribution in [3.8, 4) is 0 Å². The normalized spacial score (nSPS) is 21.3. The molecule has 2 atom stereocenters. The fourth-order valence-electron chi connectivity index (χ4n) is 3.25. The van der Waals surface area contributed by atoms with Gasteiger partial charge in [-0.25, -0.2) is 4.98 Å². The fraction of sp³-hybridized carbons (Fsp3) is 0.438. The average Bonchev–Trinajstić information content (AvgIpc) is 3.21. The van der Waals surface area contributed by atoms with E-state index < -0.39 is 57.8 Å². The summed E-state index contributed by atoms with van der Waals surface area (Å²) in [6.07, 6.45) is -1.76. The van der Waals surface area contributed by atoms with Gasteiger partial charge < -0.3 is 15.5 Å². The third kappa shape index (κ3) is 5.01. The van der Waals surface area contributed by atoms with Crippen molar-refractivity contribution in [2.75, 3.05) is 18.3 Å². The summed E-state index contributed by atoms with van der Waals surface area (Å²) in [4.78, 5) is 70.5. The van der Waals surface area contributed by atoms with Crippen molar-refractivity contribution in [1.82, 2.24) is 19.5 Å². The maximum atomic E-state index is 12.9. The third-order valence-electron chi connectivity index (χ3n) is 4.65. The number of halogens is 1. The van der Waals surface area contributed by atoms with E-state index in [2.05, 4.69) is 25.6 Å². The predicted octanol–water partition coefficient (Wildman–Crippen LogP) is -1.33. The minimum Gasteiger partial charge on any atom is -0.398 e. The molecule has 0 unspecified atom stereocenters. The molecule has 184 valence electrons. The Kier molecular flexibility index (Phi) is 7.49. The molecule has 34 heavy (non-hydrogen) atoms. The molecule has 2 saturated heterocycles. The van der Waals surface area contributed by atoms with Crippen LogP contribution in [0.5, 0.6) is 0 Å². The maximum Gasteiger partial charge on any atom is 0.364 e. The third-order valence-corrected chi connectivity index (χ3v) is 6.55. The average molecular weight is 537 g/mol. The van der Waals surface area contributed by atoms with E-state index in [0.29, 0.717) is 4.90 Å². The van der Waals surface area contributed by atoms with Gasteiger partial charge in [0.1, 0.15) is 18.7 Å². The number of carbonyl (C=O) groups is 5. The van der Waals surface area contributed by atoms with Gasteiger partial charge >= 0.3 is 10.3 Å². The number of hydrogen-bond acceptors (Lipinski definition) is 11. The van der Waals surface area contributed by atoms with Crippen molar-refractivity contribution in [3.63, 3.8) is 0 Å². The summed E-state index contributed by atoms with van der Waals surface area (Å²) in [6.45, 7) is 0. The summed E-state index contributed by atoms with van der Waals surface area (Å²) in [5.41, 5.74) is -0.535. The Labute approximate surface area is 200 Å². The molecule has 3 N–H and O–H groups in total. The molecule has 0 aromatic carbocycles. The number of oxime groups is 1. The Bertz CT molecular complexity index is 1170. The van der Waals surface area contributed by atoms with Crippen LogP contribution in [0.1, 0.15) is 25.0 Å². The lowest BCUT2D eigenvalue weighted by molar-refractivity contribution is -0.168. The van der Waals surface area contributed by atoms with Crippen molar-refractivity contribution in [1.29, 1.82) is 0 Å². The summed E-state index contributed by atoms with van der Waals surface area (Å²) < 4.78 is 32.8. The van der Waals surface area contributed by atoms with Crippen LogP contribution in [0.25, 0.3) is 0 Å². The number of anilines is 1. The standard InChI is InChI=1S/C16H17ClN6O9S2/c1-32-21-11(7-6-33-16(18-7)19-8(24)5-17)13(27)20-12-14(23(15(12)28)34(29,30)31)22-9(25)3-2-4-10(22)26/h6,12,14H,2-5H2,1H3,(H,20,27)(H,18,19,24)(H,29,30,31)/b21-11-/t12-,14-/m0/s1. The Morgan fingerprint density at radius 3 is 2.53 bits per heavy atom. The number of thiazole rings is 1. The highest BCUT2D eigenvalue weighted by Gasteiger charge is 2.59. The largest absolute Gasteiger partial charge is 0.398 e. The molecule has 2 aliphatic rings. The first-order valence-electron chi connectivity index (χ1n) is 9.39. The first kappa shape index (κ1) is 25.5. The van der Waals surface area contributed by atoms with Crippen molar-refractivity contribution in [2.45, 2.75) is 31.5 Å². The molecular formula is C16H17ClN6O9S2. The van der Waals surface area contributed by atoms with Crippen LogP contribution in [-0.2, 0) is 39.1 Å². The van der Waals surface area contributed by atoms with Crippen LogP contribution in [0.3, 0.4) is 0 Å². The van der Waals surface area contributed by atoms with Crippen molar-refractivity contribution in [2.24, 2.45) is 5.16 Å². The molecular weight excluding hydrogens is 520 g/mol. The van der Waals surface area contributed by atoms with Gasteiger partial charge in [0.15, 0.2) is 23.1 Å². The summed E-state index contributed by atoms with van der Waals surface area (Å²) in [6, 6.07) is -1.70. The van der Waals surface area contributed by atoms with Crippen LogP contribution >= 0.6 is 22.9 Å². The summed E-state index contributed by atoms with van der Waals surface area (Å²) >= 11 is 6.34. The molecule has 15 nitrogen and oxygen atoms in total. The molecule has 0 saturated carbocycles. The number of amides is 5. The van der Waals surface area contributed by atoms with Crippen LogP contribution in [0.4, 0.5) is 5.13 Å². The number of aromatic nitrogens is 1. The zero-order valence-corrected chi connectivity index (χ0v) is 19.6. The summed E-state index contributed by atoms with van der Waals surface area (Å²) in [7, 11) is -4.03. The number of carbonyl (C=O) groups excluding carboxylic acids is 5. The number of hydrogen-bond donors (Lipinski definition) is 3. The number of rotatable bonds is 8. The Hall–Kier alpha value is -3.15. The van der Waals surface area contributed by atoms with Crippen molar-refractivity contribution < 1.29 is 41.8 Å². The molecule has 0 aliphatic carbocycles. The second kappa shape index (κ2) is 10.00. The smallest absolute Gasteiger partial charge is 0.364 e. The quantitative estimate of drug-likeness (QED) is 0.0890. The number of β-lactam (4-membered cyclic amide) rings is 1. The highest BCUT2D eigenvalue weighted by atomic mass is 35.5. The number of alkyl halides is 1. The monoisotopic (exact) mass is 536 g/mol. The number of nitrogens with zero attached hydrogens (tertiary/aromatic N) is 4. The van der Waals surface area contributed by atoms with Gasteiger partial charge in [0, 0.05) is 18.2 Å². The first-order chi connectivity index (χ1) is 16.0. The molecule has 0 bridgehead atoms. The van der Waals surface area contributed by atoms with Gasteiger partial charge in [-0.3, -0.25) is 33.4 Å². The molecule has 2 fully saturated rings. The molecule has 1 aromatic rings. The van der Waals surface area contributed by atoms with Crippen LogP contribution in [-0.4, -0.2) is 87.6 Å². The van der Waals surface area contributed by atoms with Crippen molar-refractivity contribution in [3.05, 3.63) is 11.1 Å². The summed E-state index contributed by atoms with van der Waals surface area (Å²) in [5, 5.41) is 9.53. The van der Waals surface area contributed by atoms with Crippen LogP contribution < -0.4 is 10.6 Å². The van der Waals surface area contributed by atoms with Gasteiger partial charge in [0.25, 0.3) is 11.8 Å². The maximum absolute atomic E-state index is 12.9. The Balaban J connectivity index is 1.87. The van der Waals surface area contributed by atoms with Gasteiger partial charge in [0.05, 0.1) is 0 Å². The van der Waals surface area contributed by atoms with Gasteiger partial charge in [-0.05, 0) is 6.42 Å². The lowest BCUT2D eigenvalue weighted by Gasteiger charge is -2.49. The predicted molar refractivity (Wildman–Crippen MR) is 115 cm³/mol. The molecule has 3 rings (SSSR count). The highest BCUT2D eigenvalue weighted by Crippen LogP contribution is 2.30. The second-order valence-corrected chi connectivity index (χ2v) is 9.24. The topological polar surface area (TPSA) is 205 Å². The molecule has 2 aliphatic heterocycles. The van der Waals surface area contributed by atoms with E-state index in [1.807, 2.05) is 0 Å². The minimum absolute atomic E-state index is 0.0607. The van der Waals surface area contributed by atoms with E-state index in [4.69, 9.17) is 11.6 Å². The van der Waals surface area contributed by atoms with Crippen LogP contribution in [0, 0.1) is 0 Å². The number of nitrogens with one attached hydrogen (secondary N) is 2. The zero-order chi connectivity index (χ0) is 25.2. The van der Waals surface area contributed by atoms with Gasteiger partial charge in [-0.1, -0.05) is 5.16 Å². The van der Waals surface area contributed by atoms with E-state index in [-0.39, 0.29) is 40.3 Å². The lowest BCUT2D eigenvalue weighted by atomic mass is 10.00. The number of piperidine rings is 1.